The molecule has 3 aromatic carbocycles. The van der Waals surface area contributed by atoms with E-state index in [2.05, 4.69) is 28.4 Å². The number of allylic oxidation sites excluding steroid dienone is 1. The highest BCUT2D eigenvalue weighted by Gasteiger charge is 2.25. The van der Waals surface area contributed by atoms with Crippen LogP contribution in [0, 0.1) is 59.3 Å². The van der Waals surface area contributed by atoms with E-state index in [-0.39, 0.29) is 49.0 Å². The third-order valence-electron chi connectivity index (χ3n) is 9.09. The van der Waals surface area contributed by atoms with E-state index < -0.39 is 59.1 Å². The zero-order valence-electron chi connectivity index (χ0n) is 32.0. The molecular weight excluding hydrogens is 753 g/mol. The molecule has 3 aromatic rings. The van der Waals surface area contributed by atoms with Crippen molar-refractivity contribution in [2.75, 3.05) is 13.2 Å². The van der Waals surface area contributed by atoms with Crippen LogP contribution in [-0.4, -0.2) is 49.1 Å². The lowest BCUT2D eigenvalue weighted by Crippen LogP contribution is -2.43. The van der Waals surface area contributed by atoms with Gasteiger partial charge in [0.15, 0.2) is 0 Å². The smallest absolute Gasteiger partial charge is 0.328 e. The van der Waals surface area contributed by atoms with Crippen molar-refractivity contribution in [1.82, 2.24) is 10.6 Å². The lowest BCUT2D eigenvalue weighted by molar-refractivity contribution is -0.148. The number of hydrogen-bond acceptors (Lipinski definition) is 6. The number of ether oxygens (including phenoxy) is 2. The zero-order valence-corrected chi connectivity index (χ0v) is 32.0. The molecule has 4 rings (SSSR count). The maximum Gasteiger partial charge on any atom is 0.328 e. The molecule has 1 saturated carbocycles. The molecule has 1 aliphatic carbocycles. The minimum Gasteiger partial charge on any atom is -0.464 e. The van der Waals surface area contributed by atoms with Crippen LogP contribution < -0.4 is 10.6 Å². The molecule has 304 valence electrons. The van der Waals surface area contributed by atoms with Crippen LogP contribution in [-0.2, 0) is 41.5 Å². The summed E-state index contributed by atoms with van der Waals surface area (Å²) in [5.41, 5.74) is 1.12. The van der Waals surface area contributed by atoms with E-state index in [1.54, 1.807) is 24.3 Å². The Morgan fingerprint density at radius 1 is 0.741 bits per heavy atom. The highest BCUT2D eigenvalue weighted by molar-refractivity contribution is 5.94. The lowest BCUT2D eigenvalue weighted by atomic mass is 9.81. The molecule has 0 spiro atoms. The first-order valence-electron chi connectivity index (χ1n) is 19.1. The number of carbonyl (C=O) groups excluding carboxylic acids is 4. The van der Waals surface area contributed by atoms with Crippen molar-refractivity contribution < 1.29 is 46.2 Å². The van der Waals surface area contributed by atoms with Gasteiger partial charge in [0.05, 0.1) is 13.2 Å². The Morgan fingerprint density at radius 2 is 1.28 bits per heavy atom. The van der Waals surface area contributed by atoms with Gasteiger partial charge in [-0.2, -0.15) is 0 Å². The summed E-state index contributed by atoms with van der Waals surface area (Å²) in [5, 5.41) is 5.17. The fourth-order valence-electron chi connectivity index (χ4n) is 6.35. The van der Waals surface area contributed by atoms with Gasteiger partial charge < -0.3 is 20.1 Å². The number of amides is 2. The molecule has 0 aliphatic heterocycles. The molecule has 4 atom stereocenters. The Balaban J connectivity index is 1.26. The molecule has 2 unspecified atom stereocenters. The molecule has 0 aromatic heterocycles. The van der Waals surface area contributed by atoms with Gasteiger partial charge >= 0.3 is 11.9 Å². The van der Waals surface area contributed by atoms with E-state index >= 15 is 0 Å². The van der Waals surface area contributed by atoms with E-state index in [0.717, 1.165) is 55.2 Å². The minimum absolute atomic E-state index is 0.00991. The molecule has 1 fully saturated rings. The van der Waals surface area contributed by atoms with Gasteiger partial charge in [0.2, 0.25) is 11.8 Å². The number of benzene rings is 3. The van der Waals surface area contributed by atoms with Crippen LogP contribution in [0.3, 0.4) is 0 Å². The summed E-state index contributed by atoms with van der Waals surface area (Å²) < 4.78 is 66.1. The summed E-state index contributed by atoms with van der Waals surface area (Å²) in [6, 6.07) is 12.5. The quantitative estimate of drug-likeness (QED) is 0.0458. The summed E-state index contributed by atoms with van der Waals surface area (Å²) in [6.07, 6.45) is 15.8. The van der Waals surface area contributed by atoms with E-state index in [1.165, 1.54) is 12.2 Å². The molecule has 0 saturated heterocycles. The molecular formula is C46H46F4N2O6. The van der Waals surface area contributed by atoms with Crippen molar-refractivity contribution in [1.29, 1.82) is 0 Å². The van der Waals surface area contributed by atoms with E-state index in [0.29, 0.717) is 38.2 Å². The Bertz CT molecular complexity index is 1990. The second-order valence-corrected chi connectivity index (χ2v) is 13.9. The largest absolute Gasteiger partial charge is 0.464 e. The molecule has 0 radical (unpaired) electrons. The maximum atomic E-state index is 13.9. The number of unbranched alkanes of at least 4 members (excludes halogenated alkanes) is 2. The number of carbonyl (C=O) groups is 4. The van der Waals surface area contributed by atoms with Gasteiger partial charge in [0, 0.05) is 49.8 Å². The number of terminal acetylenes is 1. The van der Waals surface area contributed by atoms with Crippen LogP contribution in [0.1, 0.15) is 68.1 Å². The molecule has 2 amide bonds. The van der Waals surface area contributed by atoms with E-state index in [9.17, 15) is 36.7 Å². The van der Waals surface area contributed by atoms with Crippen molar-refractivity contribution in [3.8, 4) is 24.2 Å². The van der Waals surface area contributed by atoms with Crippen LogP contribution in [0.15, 0.2) is 85.0 Å². The van der Waals surface area contributed by atoms with Crippen molar-refractivity contribution in [2.24, 2.45) is 11.8 Å². The van der Waals surface area contributed by atoms with Gasteiger partial charge in [-0.25, -0.2) is 27.2 Å². The van der Waals surface area contributed by atoms with Crippen LogP contribution >= 0.6 is 0 Å². The highest BCUT2D eigenvalue weighted by Crippen LogP contribution is 2.29. The average molecular weight is 799 g/mol. The molecule has 12 heteroatoms. The van der Waals surface area contributed by atoms with Gasteiger partial charge in [0.1, 0.15) is 35.4 Å². The Labute approximate surface area is 336 Å². The molecule has 0 bridgehead atoms. The SMILES string of the molecule is C#CCCCOC(=O)[C@H](Cc1cc(F)cc(F)c1)NC(=O)/C=C/C1CCCC(C#CCCCOC(=O)[C@H](Cc2cc(F)cc(F)c2)NC(=O)/C=C/c2ccccc2)C1. The van der Waals surface area contributed by atoms with Crippen LogP contribution in [0.4, 0.5) is 17.6 Å². The Hall–Kier alpha value is -6.14. The first-order valence-corrected chi connectivity index (χ1v) is 19.1. The predicted molar refractivity (Wildman–Crippen MR) is 211 cm³/mol. The third kappa shape index (κ3) is 16.5. The van der Waals surface area contributed by atoms with E-state index in [4.69, 9.17) is 15.9 Å². The second-order valence-electron chi connectivity index (χ2n) is 13.9. The lowest BCUT2D eigenvalue weighted by Gasteiger charge is -2.23. The molecule has 2 N–H and O–H groups in total. The van der Waals surface area contributed by atoms with Gasteiger partial charge in [-0.05, 0) is 91.1 Å². The van der Waals surface area contributed by atoms with Gasteiger partial charge in [-0.3, -0.25) is 9.59 Å². The normalized spacial score (nSPS) is 16.1. The molecule has 8 nitrogen and oxygen atoms in total. The number of rotatable bonds is 18. The Kier molecular flexibility index (Phi) is 18.3. The summed E-state index contributed by atoms with van der Waals surface area (Å²) in [4.78, 5) is 51.4. The number of hydrogen-bond donors (Lipinski definition) is 2. The van der Waals surface area contributed by atoms with Gasteiger partial charge in [-0.15, -0.1) is 18.3 Å². The average Bonchev–Trinajstić information content (AvgIpc) is 3.18. The zero-order chi connectivity index (χ0) is 41.7. The van der Waals surface area contributed by atoms with Gasteiger partial charge in [-0.1, -0.05) is 48.7 Å². The summed E-state index contributed by atoms with van der Waals surface area (Å²) >= 11 is 0. The Morgan fingerprint density at radius 3 is 1.83 bits per heavy atom. The van der Waals surface area contributed by atoms with Crippen molar-refractivity contribution in [3.05, 3.63) is 125 Å². The van der Waals surface area contributed by atoms with Crippen LogP contribution in [0.25, 0.3) is 6.08 Å². The van der Waals surface area contributed by atoms with E-state index in [1.807, 2.05) is 18.2 Å². The number of halogens is 4. The first-order chi connectivity index (χ1) is 28.0. The first kappa shape index (κ1) is 44.6. The molecule has 0 heterocycles. The van der Waals surface area contributed by atoms with Crippen molar-refractivity contribution in [2.45, 2.75) is 76.3 Å². The molecule has 58 heavy (non-hydrogen) atoms. The van der Waals surface area contributed by atoms with Crippen LogP contribution in [0.2, 0.25) is 0 Å². The summed E-state index contributed by atoms with van der Waals surface area (Å²) in [5.74, 6) is 3.09. The second kappa shape index (κ2) is 23.8. The third-order valence-corrected chi connectivity index (χ3v) is 9.09. The standard InChI is InChI=1S/C46H46F4N2O6/c1-2-3-9-21-57-45(55)41(28-35-24-37(47)30-38(48)25-35)52-44(54)20-18-34-16-11-15-33(23-34)14-8-5-10-22-58-46(56)42(29-36-26-39(49)31-40(50)27-36)51-43(53)19-17-32-12-6-4-7-13-32/h1,4,6-7,12-13,17-20,24-27,30-31,33-34,41-42H,3,5,9-11,15-16,21-23,28-29H2,(H,51,53)(H,52,54)/b19-17+,20-18+/t33?,34?,41-,42-/m0/s1. The highest BCUT2D eigenvalue weighted by atomic mass is 19.1. The van der Waals surface area contributed by atoms with Crippen LogP contribution in [0.5, 0.6) is 0 Å². The topological polar surface area (TPSA) is 111 Å². The maximum absolute atomic E-state index is 13.9. The monoisotopic (exact) mass is 798 g/mol. The summed E-state index contributed by atoms with van der Waals surface area (Å²) in [6.45, 7) is 0.0453. The number of esters is 2. The fraction of sp³-hybridized carbons (Fsp3) is 0.348. The minimum atomic E-state index is -1.20. The molecule has 1 aliphatic rings. The fourth-order valence-corrected chi connectivity index (χ4v) is 6.35. The predicted octanol–water partition coefficient (Wildman–Crippen LogP) is 7.36. The van der Waals surface area contributed by atoms with Gasteiger partial charge in [0.25, 0.3) is 0 Å². The number of nitrogens with one attached hydrogen (secondary N) is 2. The van der Waals surface area contributed by atoms with Crippen molar-refractivity contribution >= 4 is 29.8 Å². The van der Waals surface area contributed by atoms with Crippen molar-refractivity contribution in [3.63, 3.8) is 0 Å². The summed E-state index contributed by atoms with van der Waals surface area (Å²) in [7, 11) is 0.